The van der Waals surface area contributed by atoms with Gasteiger partial charge >= 0.3 is 0 Å². The molecule has 1 aromatic heterocycles. The maximum atomic E-state index is 3.49. The molecule has 1 heterocycles. The van der Waals surface area contributed by atoms with Crippen LogP contribution in [0.5, 0.6) is 0 Å². The van der Waals surface area contributed by atoms with E-state index in [4.69, 9.17) is 0 Å². The van der Waals surface area contributed by atoms with Gasteiger partial charge in [0.25, 0.3) is 0 Å². The van der Waals surface area contributed by atoms with Crippen LogP contribution < -0.4 is 5.32 Å². The van der Waals surface area contributed by atoms with E-state index in [9.17, 15) is 0 Å². The summed E-state index contributed by atoms with van der Waals surface area (Å²) in [4.78, 5) is 3.18. The molecular formula is C13H15BrN2. The van der Waals surface area contributed by atoms with Gasteiger partial charge in [0, 0.05) is 29.0 Å². The molecule has 0 aliphatic heterocycles. The molecule has 2 rings (SSSR count). The molecule has 2 N–H and O–H groups in total. The van der Waals surface area contributed by atoms with Crippen molar-refractivity contribution in [2.45, 2.75) is 19.5 Å². The Bertz CT molecular complexity index is 437. The highest BCUT2D eigenvalue weighted by atomic mass is 79.9. The fourth-order valence-electron chi connectivity index (χ4n) is 1.63. The van der Waals surface area contributed by atoms with Gasteiger partial charge in [-0.2, -0.15) is 0 Å². The minimum atomic E-state index is 0.348. The van der Waals surface area contributed by atoms with E-state index in [0.29, 0.717) is 6.04 Å². The van der Waals surface area contributed by atoms with Crippen molar-refractivity contribution < 1.29 is 0 Å². The van der Waals surface area contributed by atoms with Gasteiger partial charge in [-0.3, -0.25) is 0 Å². The zero-order chi connectivity index (χ0) is 11.4. The van der Waals surface area contributed by atoms with Crippen LogP contribution in [0.2, 0.25) is 0 Å². The van der Waals surface area contributed by atoms with Gasteiger partial charge in [0.05, 0.1) is 0 Å². The Morgan fingerprint density at radius 2 is 2.19 bits per heavy atom. The Morgan fingerprint density at radius 3 is 2.88 bits per heavy atom. The van der Waals surface area contributed by atoms with Gasteiger partial charge in [-0.25, -0.2) is 0 Å². The second kappa shape index (κ2) is 5.32. The molecule has 0 amide bonds. The second-order valence-electron chi connectivity index (χ2n) is 3.85. The zero-order valence-corrected chi connectivity index (χ0v) is 10.8. The summed E-state index contributed by atoms with van der Waals surface area (Å²) in [6.07, 6.45) is 1.95. The Labute approximate surface area is 104 Å². The smallest absolute Gasteiger partial charge is 0.0362 e. The summed E-state index contributed by atoms with van der Waals surface area (Å²) in [5.74, 6) is 0. The van der Waals surface area contributed by atoms with Crippen molar-refractivity contribution in [1.29, 1.82) is 0 Å². The number of hydrogen-bond acceptors (Lipinski definition) is 1. The molecule has 0 bridgehead atoms. The number of halogens is 1. The fourth-order valence-corrected chi connectivity index (χ4v) is 2.05. The summed E-state index contributed by atoms with van der Waals surface area (Å²) in [7, 11) is 0. The van der Waals surface area contributed by atoms with Crippen LogP contribution in [0, 0.1) is 0 Å². The lowest BCUT2D eigenvalue weighted by Crippen LogP contribution is -2.18. The lowest BCUT2D eigenvalue weighted by atomic mass is 10.1. The minimum absolute atomic E-state index is 0.348. The molecular weight excluding hydrogens is 264 g/mol. The average molecular weight is 279 g/mol. The number of rotatable bonds is 4. The van der Waals surface area contributed by atoms with Crippen molar-refractivity contribution in [3.63, 3.8) is 0 Å². The molecule has 1 atom stereocenters. The van der Waals surface area contributed by atoms with Crippen molar-refractivity contribution in [3.8, 4) is 0 Å². The lowest BCUT2D eigenvalue weighted by molar-refractivity contribution is 0.569. The van der Waals surface area contributed by atoms with Gasteiger partial charge in [-0.15, -0.1) is 0 Å². The summed E-state index contributed by atoms with van der Waals surface area (Å²) < 4.78 is 1.12. The van der Waals surface area contributed by atoms with E-state index in [1.807, 2.05) is 18.3 Å². The van der Waals surface area contributed by atoms with Gasteiger partial charge in [-0.05, 0) is 36.8 Å². The highest BCUT2D eigenvalue weighted by molar-refractivity contribution is 9.10. The van der Waals surface area contributed by atoms with Crippen molar-refractivity contribution in [3.05, 3.63) is 58.3 Å². The van der Waals surface area contributed by atoms with Gasteiger partial charge in [0.2, 0.25) is 0 Å². The highest BCUT2D eigenvalue weighted by Gasteiger charge is 2.04. The largest absolute Gasteiger partial charge is 0.364 e. The normalized spacial score (nSPS) is 12.6. The van der Waals surface area contributed by atoms with E-state index in [0.717, 1.165) is 11.0 Å². The van der Waals surface area contributed by atoms with Gasteiger partial charge in [-0.1, -0.05) is 28.1 Å². The lowest BCUT2D eigenvalue weighted by Gasteiger charge is -2.13. The number of nitrogens with one attached hydrogen (secondary N) is 2. The summed E-state index contributed by atoms with van der Waals surface area (Å²) in [6, 6.07) is 12.8. The maximum absolute atomic E-state index is 3.49. The number of H-pyrrole nitrogens is 1. The molecule has 0 aliphatic carbocycles. The number of aromatic amines is 1. The van der Waals surface area contributed by atoms with Crippen molar-refractivity contribution in [1.82, 2.24) is 10.3 Å². The molecule has 0 fully saturated rings. The third kappa shape index (κ3) is 2.97. The van der Waals surface area contributed by atoms with Gasteiger partial charge < -0.3 is 10.3 Å². The molecule has 2 aromatic rings. The van der Waals surface area contributed by atoms with Crippen LogP contribution in [0.4, 0.5) is 0 Å². The van der Waals surface area contributed by atoms with E-state index in [1.165, 1.54) is 11.3 Å². The van der Waals surface area contributed by atoms with E-state index in [-0.39, 0.29) is 0 Å². The molecule has 1 aromatic carbocycles. The molecule has 0 saturated carbocycles. The third-order valence-electron chi connectivity index (χ3n) is 2.61. The predicted molar refractivity (Wildman–Crippen MR) is 70.2 cm³/mol. The van der Waals surface area contributed by atoms with E-state index >= 15 is 0 Å². The molecule has 16 heavy (non-hydrogen) atoms. The van der Waals surface area contributed by atoms with Crippen molar-refractivity contribution >= 4 is 15.9 Å². The van der Waals surface area contributed by atoms with Crippen molar-refractivity contribution in [2.75, 3.05) is 0 Å². The van der Waals surface area contributed by atoms with E-state index in [2.05, 4.69) is 57.4 Å². The topological polar surface area (TPSA) is 27.8 Å². The SMILES string of the molecule is C[C@H](NCc1ccc[nH]1)c1cccc(Br)c1. The molecule has 0 aliphatic rings. The molecule has 0 unspecified atom stereocenters. The molecule has 2 nitrogen and oxygen atoms in total. The number of hydrogen-bond donors (Lipinski definition) is 2. The summed E-state index contributed by atoms with van der Waals surface area (Å²) in [6.45, 7) is 3.03. The Morgan fingerprint density at radius 1 is 1.31 bits per heavy atom. The van der Waals surface area contributed by atoms with Crippen LogP contribution in [-0.4, -0.2) is 4.98 Å². The van der Waals surface area contributed by atoms with Crippen LogP contribution in [0.15, 0.2) is 47.1 Å². The maximum Gasteiger partial charge on any atom is 0.0362 e. The Kier molecular flexibility index (Phi) is 3.80. The van der Waals surface area contributed by atoms with Gasteiger partial charge in [0.1, 0.15) is 0 Å². The quantitative estimate of drug-likeness (QED) is 0.878. The van der Waals surface area contributed by atoms with E-state index in [1.54, 1.807) is 0 Å². The first-order valence-electron chi connectivity index (χ1n) is 5.37. The van der Waals surface area contributed by atoms with Crippen LogP contribution in [-0.2, 0) is 6.54 Å². The summed E-state index contributed by atoms with van der Waals surface area (Å²) >= 11 is 3.49. The molecule has 84 valence electrons. The minimum Gasteiger partial charge on any atom is -0.364 e. The highest BCUT2D eigenvalue weighted by Crippen LogP contribution is 2.18. The molecule has 0 spiro atoms. The third-order valence-corrected chi connectivity index (χ3v) is 3.10. The first kappa shape index (κ1) is 11.4. The van der Waals surface area contributed by atoms with Crippen LogP contribution in [0.3, 0.4) is 0 Å². The Hall–Kier alpha value is -1.06. The Balaban J connectivity index is 1.95. The van der Waals surface area contributed by atoms with Crippen LogP contribution in [0.1, 0.15) is 24.2 Å². The van der Waals surface area contributed by atoms with Crippen LogP contribution in [0.25, 0.3) is 0 Å². The first-order valence-corrected chi connectivity index (χ1v) is 6.16. The fraction of sp³-hybridized carbons (Fsp3) is 0.231. The zero-order valence-electron chi connectivity index (χ0n) is 9.20. The second-order valence-corrected chi connectivity index (χ2v) is 4.77. The van der Waals surface area contributed by atoms with Crippen LogP contribution >= 0.6 is 15.9 Å². The summed E-state index contributed by atoms with van der Waals surface area (Å²) in [5.41, 5.74) is 2.50. The first-order chi connectivity index (χ1) is 7.75. The average Bonchev–Trinajstić information content (AvgIpc) is 2.78. The molecule has 0 radical (unpaired) electrons. The predicted octanol–water partition coefficient (Wildman–Crippen LogP) is 3.63. The van der Waals surface area contributed by atoms with Crippen molar-refractivity contribution in [2.24, 2.45) is 0 Å². The van der Waals surface area contributed by atoms with Gasteiger partial charge in [0.15, 0.2) is 0 Å². The molecule has 3 heteroatoms. The summed E-state index contributed by atoms with van der Waals surface area (Å²) in [5, 5.41) is 3.48. The number of aromatic nitrogens is 1. The van der Waals surface area contributed by atoms with E-state index < -0.39 is 0 Å². The standard InChI is InChI=1S/C13H15BrN2/c1-10(11-4-2-5-12(14)8-11)16-9-13-6-3-7-15-13/h2-8,10,15-16H,9H2,1H3/t10-/m0/s1. The molecule has 0 saturated heterocycles. The number of benzene rings is 1. The monoisotopic (exact) mass is 278 g/mol.